The molecular weight excluding hydrogens is 290 g/mol. The van der Waals surface area contributed by atoms with Crippen molar-refractivity contribution >= 4 is 11.9 Å². The molecule has 0 bridgehead atoms. The van der Waals surface area contributed by atoms with Crippen LogP contribution in [-0.4, -0.2) is 18.0 Å². The first-order chi connectivity index (χ1) is 11.1. The SMILES string of the molecule is CCCC(CC(CCC)C(=O)OCc1ccccc1)N=C(N)N. The molecule has 0 amide bonds. The van der Waals surface area contributed by atoms with Gasteiger partial charge in [0.05, 0.1) is 12.0 Å². The lowest BCUT2D eigenvalue weighted by atomic mass is 9.93. The summed E-state index contributed by atoms with van der Waals surface area (Å²) in [5, 5.41) is 0. The molecule has 128 valence electrons. The van der Waals surface area contributed by atoms with Crippen LogP contribution in [0.4, 0.5) is 0 Å². The van der Waals surface area contributed by atoms with E-state index >= 15 is 0 Å². The molecule has 0 saturated carbocycles. The molecule has 2 atom stereocenters. The van der Waals surface area contributed by atoms with E-state index in [9.17, 15) is 4.79 Å². The number of aliphatic imine (C=N–C) groups is 1. The molecule has 4 N–H and O–H groups in total. The Morgan fingerprint density at radius 1 is 1.13 bits per heavy atom. The maximum atomic E-state index is 12.4. The summed E-state index contributed by atoms with van der Waals surface area (Å²) < 4.78 is 5.48. The van der Waals surface area contributed by atoms with Crippen molar-refractivity contribution in [2.75, 3.05) is 0 Å². The van der Waals surface area contributed by atoms with Crippen LogP contribution in [0.15, 0.2) is 35.3 Å². The Hall–Kier alpha value is -2.04. The summed E-state index contributed by atoms with van der Waals surface area (Å²) >= 11 is 0. The van der Waals surface area contributed by atoms with E-state index in [0.717, 1.165) is 31.2 Å². The summed E-state index contributed by atoms with van der Waals surface area (Å²) in [5.41, 5.74) is 12.0. The zero-order chi connectivity index (χ0) is 17.1. The van der Waals surface area contributed by atoms with Crippen molar-refractivity contribution in [3.05, 3.63) is 35.9 Å². The first kappa shape index (κ1) is 19.0. The first-order valence-electron chi connectivity index (χ1n) is 8.36. The summed E-state index contributed by atoms with van der Waals surface area (Å²) in [5.74, 6) is -0.248. The average Bonchev–Trinajstić information content (AvgIpc) is 2.53. The van der Waals surface area contributed by atoms with Crippen molar-refractivity contribution in [1.29, 1.82) is 0 Å². The minimum absolute atomic E-state index is 0.0224. The molecule has 2 unspecified atom stereocenters. The smallest absolute Gasteiger partial charge is 0.309 e. The molecule has 0 radical (unpaired) electrons. The molecule has 1 rings (SSSR count). The summed E-state index contributed by atoms with van der Waals surface area (Å²) in [7, 11) is 0. The van der Waals surface area contributed by atoms with E-state index in [2.05, 4.69) is 18.8 Å². The predicted octanol–water partition coefficient (Wildman–Crippen LogP) is 2.98. The molecule has 1 aromatic carbocycles. The molecule has 0 aromatic heterocycles. The summed E-state index contributed by atoms with van der Waals surface area (Å²) in [4.78, 5) is 16.7. The van der Waals surface area contributed by atoms with Crippen molar-refractivity contribution in [3.63, 3.8) is 0 Å². The highest BCUT2D eigenvalue weighted by Gasteiger charge is 2.23. The number of carbonyl (C=O) groups excluding carboxylic acids is 1. The third kappa shape index (κ3) is 7.68. The van der Waals surface area contributed by atoms with Crippen LogP contribution in [0.2, 0.25) is 0 Å². The number of nitrogens with zero attached hydrogens (tertiary/aromatic N) is 1. The molecule has 5 nitrogen and oxygen atoms in total. The van der Waals surface area contributed by atoms with Crippen molar-refractivity contribution in [2.24, 2.45) is 22.4 Å². The monoisotopic (exact) mass is 319 g/mol. The van der Waals surface area contributed by atoms with Crippen LogP contribution in [0.3, 0.4) is 0 Å². The molecule has 0 aliphatic rings. The number of hydrogen-bond acceptors (Lipinski definition) is 3. The van der Waals surface area contributed by atoms with E-state index in [-0.39, 0.29) is 23.9 Å². The molecular formula is C18H29N3O2. The second-order valence-electron chi connectivity index (χ2n) is 5.81. The van der Waals surface area contributed by atoms with Gasteiger partial charge in [-0.25, -0.2) is 0 Å². The summed E-state index contributed by atoms with van der Waals surface area (Å²) in [6.07, 6.45) is 4.18. The number of carbonyl (C=O) groups is 1. The lowest BCUT2D eigenvalue weighted by Gasteiger charge is -2.19. The van der Waals surface area contributed by atoms with Crippen LogP contribution in [0.25, 0.3) is 0 Å². The fourth-order valence-electron chi connectivity index (χ4n) is 2.63. The number of esters is 1. The van der Waals surface area contributed by atoms with Gasteiger partial charge in [-0.2, -0.15) is 0 Å². The second kappa shape index (κ2) is 10.6. The highest BCUT2D eigenvalue weighted by molar-refractivity contribution is 5.76. The first-order valence-corrected chi connectivity index (χ1v) is 8.36. The van der Waals surface area contributed by atoms with E-state index in [1.54, 1.807) is 0 Å². The third-order valence-electron chi connectivity index (χ3n) is 3.70. The number of ether oxygens (including phenoxy) is 1. The second-order valence-corrected chi connectivity index (χ2v) is 5.81. The molecule has 0 fully saturated rings. The van der Waals surface area contributed by atoms with Gasteiger partial charge in [0.25, 0.3) is 0 Å². The molecule has 5 heteroatoms. The Bertz CT molecular complexity index is 484. The lowest BCUT2D eigenvalue weighted by Crippen LogP contribution is -2.28. The predicted molar refractivity (Wildman–Crippen MR) is 93.8 cm³/mol. The Kier molecular flexibility index (Phi) is 8.80. The highest BCUT2D eigenvalue weighted by Crippen LogP contribution is 2.21. The number of hydrogen-bond donors (Lipinski definition) is 2. The van der Waals surface area contributed by atoms with Crippen LogP contribution >= 0.6 is 0 Å². The van der Waals surface area contributed by atoms with Crippen LogP contribution < -0.4 is 11.5 Å². The largest absolute Gasteiger partial charge is 0.461 e. The van der Waals surface area contributed by atoms with Crippen LogP contribution in [0.1, 0.15) is 51.5 Å². The average molecular weight is 319 g/mol. The lowest BCUT2D eigenvalue weighted by molar-refractivity contribution is -0.150. The normalized spacial score (nSPS) is 13.1. The Morgan fingerprint density at radius 2 is 1.78 bits per heavy atom. The van der Waals surface area contributed by atoms with Gasteiger partial charge in [0.2, 0.25) is 0 Å². The van der Waals surface area contributed by atoms with E-state index in [4.69, 9.17) is 16.2 Å². The quantitative estimate of drug-likeness (QED) is 0.394. The van der Waals surface area contributed by atoms with E-state index in [0.29, 0.717) is 13.0 Å². The van der Waals surface area contributed by atoms with E-state index in [1.165, 1.54) is 0 Å². The Labute approximate surface area is 139 Å². The molecule has 0 aliphatic heterocycles. The maximum Gasteiger partial charge on any atom is 0.309 e. The van der Waals surface area contributed by atoms with Gasteiger partial charge in [-0.3, -0.25) is 9.79 Å². The van der Waals surface area contributed by atoms with Crippen molar-refractivity contribution in [3.8, 4) is 0 Å². The van der Waals surface area contributed by atoms with Crippen LogP contribution in [-0.2, 0) is 16.1 Å². The van der Waals surface area contributed by atoms with Gasteiger partial charge in [0, 0.05) is 0 Å². The van der Waals surface area contributed by atoms with Crippen molar-refractivity contribution in [1.82, 2.24) is 0 Å². The Morgan fingerprint density at radius 3 is 2.35 bits per heavy atom. The highest BCUT2D eigenvalue weighted by atomic mass is 16.5. The number of rotatable bonds is 10. The van der Waals surface area contributed by atoms with Crippen molar-refractivity contribution in [2.45, 2.75) is 58.6 Å². The summed E-state index contributed by atoms with van der Waals surface area (Å²) in [6.45, 7) is 4.45. The molecule has 1 aromatic rings. The summed E-state index contributed by atoms with van der Waals surface area (Å²) in [6, 6.07) is 9.68. The van der Waals surface area contributed by atoms with Gasteiger partial charge in [-0.1, -0.05) is 57.0 Å². The van der Waals surface area contributed by atoms with Crippen molar-refractivity contribution < 1.29 is 9.53 Å². The molecule has 0 heterocycles. The zero-order valence-corrected chi connectivity index (χ0v) is 14.2. The Balaban J connectivity index is 2.63. The zero-order valence-electron chi connectivity index (χ0n) is 14.2. The number of benzene rings is 1. The maximum absolute atomic E-state index is 12.4. The molecule has 0 spiro atoms. The third-order valence-corrected chi connectivity index (χ3v) is 3.70. The topological polar surface area (TPSA) is 90.7 Å². The van der Waals surface area contributed by atoms with E-state index < -0.39 is 0 Å². The van der Waals surface area contributed by atoms with Crippen LogP contribution in [0.5, 0.6) is 0 Å². The van der Waals surface area contributed by atoms with Gasteiger partial charge in [-0.15, -0.1) is 0 Å². The number of guanidine groups is 1. The molecule has 0 saturated heterocycles. The van der Waals surface area contributed by atoms with Gasteiger partial charge < -0.3 is 16.2 Å². The molecule has 0 aliphatic carbocycles. The minimum atomic E-state index is -0.164. The van der Waals surface area contributed by atoms with Crippen LogP contribution in [0, 0.1) is 5.92 Å². The van der Waals surface area contributed by atoms with Gasteiger partial charge in [0.15, 0.2) is 5.96 Å². The van der Waals surface area contributed by atoms with Gasteiger partial charge >= 0.3 is 5.97 Å². The standard InChI is InChI=1S/C18H29N3O2/c1-3-8-15(12-16(9-4-2)21-18(19)20)17(22)23-13-14-10-6-5-7-11-14/h5-7,10-11,15-16H,3-4,8-9,12-13H2,1-2H3,(H4,19,20,21). The minimum Gasteiger partial charge on any atom is -0.461 e. The number of nitrogens with two attached hydrogens (primary N) is 2. The fourth-order valence-corrected chi connectivity index (χ4v) is 2.63. The fraction of sp³-hybridized carbons (Fsp3) is 0.556. The van der Waals surface area contributed by atoms with Gasteiger partial charge in [-0.05, 0) is 24.8 Å². The van der Waals surface area contributed by atoms with E-state index in [1.807, 2.05) is 30.3 Å². The van der Waals surface area contributed by atoms with Gasteiger partial charge in [0.1, 0.15) is 6.61 Å². The molecule has 23 heavy (non-hydrogen) atoms.